The van der Waals surface area contributed by atoms with Crippen LogP contribution in [0, 0.1) is 6.92 Å². The van der Waals surface area contributed by atoms with Crippen LogP contribution in [0.5, 0.6) is 0 Å². The highest BCUT2D eigenvalue weighted by atomic mass is 14.9. The first-order valence-corrected chi connectivity index (χ1v) is 21.2. The molecule has 0 saturated heterocycles. The van der Waals surface area contributed by atoms with Crippen molar-refractivity contribution < 1.29 is 0 Å². The zero-order chi connectivity index (χ0) is 42.4. The largest absolute Gasteiger partial charge is 0.356 e. The molecule has 8 aromatic rings. The van der Waals surface area contributed by atoms with Crippen LogP contribution < -0.4 is 5.32 Å². The number of para-hydroxylation sites is 1. The molecule has 0 saturated carbocycles. The van der Waals surface area contributed by atoms with Gasteiger partial charge in [-0.1, -0.05) is 231 Å². The minimum atomic E-state index is 0.489. The van der Waals surface area contributed by atoms with Gasteiger partial charge >= 0.3 is 0 Å². The van der Waals surface area contributed by atoms with Gasteiger partial charge in [-0.15, -0.1) is 0 Å². The first-order chi connectivity index (χ1) is 28.9. The Hall–Kier alpha value is -6.44. The summed E-state index contributed by atoms with van der Waals surface area (Å²) in [5.41, 5.74) is 12.8. The zero-order valence-electron chi connectivity index (χ0n) is 36.4. The summed E-state index contributed by atoms with van der Waals surface area (Å²) >= 11 is 0. The second-order valence-corrected chi connectivity index (χ2v) is 14.2. The Balaban J connectivity index is 0.000000233. The molecule has 0 fully saturated rings. The monoisotopic (exact) mass is 773 g/mol. The molecule has 0 bridgehead atoms. The summed E-state index contributed by atoms with van der Waals surface area (Å²) in [7, 11) is 0. The van der Waals surface area contributed by atoms with Crippen LogP contribution >= 0.6 is 0 Å². The smallest absolute Gasteiger partial charge is 0.0384 e. The first kappa shape index (κ1) is 45.3. The van der Waals surface area contributed by atoms with E-state index in [0.29, 0.717) is 5.92 Å². The van der Waals surface area contributed by atoms with Crippen molar-refractivity contribution in [3.63, 3.8) is 0 Å². The maximum Gasteiger partial charge on any atom is 0.0384 e. The van der Waals surface area contributed by atoms with Gasteiger partial charge in [0.05, 0.1) is 0 Å². The van der Waals surface area contributed by atoms with Crippen molar-refractivity contribution in [2.45, 2.75) is 67.2 Å². The Morgan fingerprint density at radius 1 is 0.475 bits per heavy atom. The topological polar surface area (TPSA) is 12.0 Å². The minimum Gasteiger partial charge on any atom is -0.356 e. The summed E-state index contributed by atoms with van der Waals surface area (Å²) in [5, 5.41) is 8.74. The van der Waals surface area contributed by atoms with Crippen LogP contribution in [0.2, 0.25) is 0 Å². The number of rotatable bonds is 8. The summed E-state index contributed by atoms with van der Waals surface area (Å²) in [6.45, 7) is 21.9. The second-order valence-electron chi connectivity index (χ2n) is 14.2. The van der Waals surface area contributed by atoms with Gasteiger partial charge in [-0.25, -0.2) is 0 Å². The van der Waals surface area contributed by atoms with Crippen LogP contribution in [0.3, 0.4) is 0 Å². The molecule has 8 aromatic carbocycles. The van der Waals surface area contributed by atoms with Crippen LogP contribution in [-0.4, -0.2) is 0 Å². The number of hydrogen-bond donors (Lipinski definition) is 1. The van der Waals surface area contributed by atoms with E-state index in [2.05, 4.69) is 211 Å². The molecule has 1 nitrogen and oxygen atoms in total. The van der Waals surface area contributed by atoms with Gasteiger partial charge in [-0.05, 0) is 110 Å². The fourth-order valence-corrected chi connectivity index (χ4v) is 6.96. The van der Waals surface area contributed by atoms with E-state index in [1.165, 1.54) is 72.5 Å². The molecule has 0 aromatic heterocycles. The van der Waals surface area contributed by atoms with Crippen molar-refractivity contribution >= 4 is 32.9 Å². The lowest BCUT2D eigenvalue weighted by Crippen LogP contribution is -1.99. The third-order valence-corrected chi connectivity index (χ3v) is 9.99. The predicted molar refractivity (Wildman–Crippen MR) is 265 cm³/mol. The lowest BCUT2D eigenvalue weighted by atomic mass is 9.82. The highest BCUT2D eigenvalue weighted by Crippen LogP contribution is 2.43. The minimum absolute atomic E-state index is 0.489. The third kappa shape index (κ3) is 12.3. The van der Waals surface area contributed by atoms with Gasteiger partial charge in [0, 0.05) is 11.4 Å². The number of benzene rings is 8. The molecule has 0 amide bonds. The molecule has 0 spiro atoms. The van der Waals surface area contributed by atoms with Crippen LogP contribution in [-0.2, 0) is 0 Å². The second kappa shape index (κ2) is 24.4. The number of anilines is 2. The Bertz CT molecular complexity index is 2440. The van der Waals surface area contributed by atoms with Crippen LogP contribution in [0.1, 0.15) is 71.4 Å². The van der Waals surface area contributed by atoms with Gasteiger partial charge in [0.25, 0.3) is 0 Å². The molecule has 300 valence electrons. The number of nitrogens with one attached hydrogen (secondary N) is 1. The van der Waals surface area contributed by atoms with E-state index in [4.69, 9.17) is 0 Å². The summed E-state index contributed by atoms with van der Waals surface area (Å²) in [5.74, 6) is 0.489. The fourth-order valence-electron chi connectivity index (χ4n) is 6.96. The molecule has 1 atom stereocenters. The van der Waals surface area contributed by atoms with E-state index in [1.54, 1.807) is 12.2 Å². The highest BCUT2D eigenvalue weighted by Gasteiger charge is 2.18. The van der Waals surface area contributed by atoms with Crippen molar-refractivity contribution in [2.24, 2.45) is 0 Å². The number of fused-ring (bicyclic) bond motifs is 3. The Labute approximate surface area is 355 Å². The molecule has 0 aliphatic carbocycles. The number of hydrogen-bond acceptors (Lipinski definition) is 1. The van der Waals surface area contributed by atoms with Gasteiger partial charge in [0.2, 0.25) is 0 Å². The van der Waals surface area contributed by atoms with Crippen molar-refractivity contribution in [3.05, 3.63) is 218 Å². The Morgan fingerprint density at radius 3 is 1.37 bits per heavy atom. The van der Waals surface area contributed by atoms with Crippen molar-refractivity contribution in [1.82, 2.24) is 0 Å². The molecule has 1 heteroatoms. The molecule has 0 radical (unpaired) electrons. The predicted octanol–water partition coefficient (Wildman–Crippen LogP) is 18.0. The molecule has 59 heavy (non-hydrogen) atoms. The molecule has 8 rings (SSSR count). The van der Waals surface area contributed by atoms with E-state index < -0.39 is 0 Å². The van der Waals surface area contributed by atoms with Gasteiger partial charge in [-0.2, -0.15) is 0 Å². The molecule has 0 aliphatic rings. The van der Waals surface area contributed by atoms with E-state index in [1.807, 2.05) is 38.1 Å². The summed E-state index contributed by atoms with van der Waals surface area (Å²) in [6, 6.07) is 64.6. The van der Waals surface area contributed by atoms with Crippen molar-refractivity contribution in [3.8, 4) is 33.4 Å². The summed E-state index contributed by atoms with van der Waals surface area (Å²) in [4.78, 5) is 0. The molecular weight excluding hydrogens is 711 g/mol. The van der Waals surface area contributed by atoms with E-state index >= 15 is 0 Å². The third-order valence-electron chi connectivity index (χ3n) is 9.99. The van der Waals surface area contributed by atoms with Gasteiger partial charge in [0.15, 0.2) is 0 Å². The number of allylic oxidation sites excluding steroid dienone is 2. The quantitative estimate of drug-likeness (QED) is 0.120. The van der Waals surface area contributed by atoms with E-state index in [9.17, 15) is 0 Å². The van der Waals surface area contributed by atoms with Crippen molar-refractivity contribution in [1.29, 1.82) is 0 Å². The van der Waals surface area contributed by atoms with E-state index in [0.717, 1.165) is 17.8 Å². The van der Waals surface area contributed by atoms with Gasteiger partial charge < -0.3 is 5.32 Å². The maximum absolute atomic E-state index is 3.38. The van der Waals surface area contributed by atoms with Gasteiger partial charge in [-0.3, -0.25) is 0 Å². The lowest BCUT2D eigenvalue weighted by molar-refractivity contribution is 0.735. The Morgan fingerprint density at radius 2 is 0.864 bits per heavy atom. The highest BCUT2D eigenvalue weighted by molar-refractivity contribution is 6.16. The zero-order valence-corrected chi connectivity index (χ0v) is 36.4. The SMILES string of the molecule is C=CC=C.CC.CCC.CCC(C)c1cc(-c2ccccc2)ccc1-c1c(C)c2ccccc2c2ccccc12.c1ccc(Nc2ccc(-c3ccccc3)cc2)cc1. The lowest BCUT2D eigenvalue weighted by Gasteiger charge is -2.21. The van der Waals surface area contributed by atoms with Crippen LogP contribution in [0.15, 0.2) is 207 Å². The molecule has 1 N–H and O–H groups in total. The summed E-state index contributed by atoms with van der Waals surface area (Å²) < 4.78 is 0. The fraction of sp³-hybridized carbons (Fsp3) is 0.172. The van der Waals surface area contributed by atoms with Gasteiger partial charge in [0.1, 0.15) is 0 Å². The molecular formula is C58H63N. The molecule has 0 heterocycles. The maximum atomic E-state index is 3.38. The van der Waals surface area contributed by atoms with E-state index in [-0.39, 0.29) is 0 Å². The standard InChI is InChI=1S/C31H28.C18H15N.C4H6.C3H8.C2H6/c1-4-21(2)30-20-24(23-12-6-5-7-13-23)18-19-29(30)31-22(3)25-14-8-9-15-26(25)27-16-10-11-17-28(27)31;1-3-7-15(8-4-1)16-11-13-18(14-12-16)19-17-9-5-2-6-10-17;1-3-4-2;1-3-2;1-2/h5-21H,4H2,1-3H3;1-14,19H;3-4H,1-2H2;3H2,1-2H3;1-2H3. The van der Waals surface area contributed by atoms with Crippen LogP contribution in [0.4, 0.5) is 11.4 Å². The first-order valence-electron chi connectivity index (χ1n) is 21.2. The average molecular weight is 774 g/mol. The normalized spacial score (nSPS) is 10.5. The summed E-state index contributed by atoms with van der Waals surface area (Å²) in [6.07, 6.45) is 5.65. The number of aryl methyl sites for hydroxylation is 1. The van der Waals surface area contributed by atoms with Crippen LogP contribution in [0.25, 0.3) is 54.9 Å². The molecule has 0 aliphatic heterocycles. The Kier molecular flexibility index (Phi) is 18.7. The average Bonchev–Trinajstić information content (AvgIpc) is 3.31. The molecule has 1 unspecified atom stereocenters. The van der Waals surface area contributed by atoms with Crippen molar-refractivity contribution in [2.75, 3.05) is 5.32 Å².